The molecule has 2 amide bonds. The van der Waals surface area contributed by atoms with Gasteiger partial charge in [0.2, 0.25) is 11.8 Å². The van der Waals surface area contributed by atoms with E-state index in [2.05, 4.69) is 15.7 Å². The van der Waals surface area contributed by atoms with Crippen molar-refractivity contribution >= 4 is 17.5 Å². The van der Waals surface area contributed by atoms with Crippen molar-refractivity contribution in [1.82, 2.24) is 15.1 Å². The van der Waals surface area contributed by atoms with E-state index < -0.39 is 5.41 Å². The number of benzene rings is 1. The van der Waals surface area contributed by atoms with Gasteiger partial charge >= 0.3 is 0 Å². The molecule has 0 fully saturated rings. The van der Waals surface area contributed by atoms with E-state index in [1.54, 1.807) is 0 Å². The summed E-state index contributed by atoms with van der Waals surface area (Å²) in [5, 5.41) is 10.2. The lowest BCUT2D eigenvalue weighted by molar-refractivity contribution is -0.128. The molecule has 1 aromatic heterocycles. The SMILES string of the molecule is Cc1nn(-c2ccccc2)c(C)c1NC(=O)CCNC(=O)C(C)(C)C. The lowest BCUT2D eigenvalue weighted by Crippen LogP contribution is -2.36. The maximum atomic E-state index is 12.2. The van der Waals surface area contributed by atoms with E-state index in [9.17, 15) is 9.59 Å². The van der Waals surface area contributed by atoms with Crippen molar-refractivity contribution < 1.29 is 9.59 Å². The fraction of sp³-hybridized carbons (Fsp3) is 0.421. The van der Waals surface area contributed by atoms with Crippen molar-refractivity contribution in [3.05, 3.63) is 41.7 Å². The summed E-state index contributed by atoms with van der Waals surface area (Å²) in [7, 11) is 0. The van der Waals surface area contributed by atoms with E-state index in [-0.39, 0.29) is 18.2 Å². The summed E-state index contributed by atoms with van der Waals surface area (Å²) in [4.78, 5) is 24.0. The molecular weight excluding hydrogens is 316 g/mol. The molecule has 2 N–H and O–H groups in total. The number of nitrogens with zero attached hydrogens (tertiary/aromatic N) is 2. The molecule has 6 heteroatoms. The summed E-state index contributed by atoms with van der Waals surface area (Å²) >= 11 is 0. The third-order valence-corrected chi connectivity index (χ3v) is 3.88. The van der Waals surface area contributed by atoms with Crippen LogP contribution in [0, 0.1) is 19.3 Å². The molecule has 0 aliphatic heterocycles. The Balaban J connectivity index is 2.00. The summed E-state index contributed by atoms with van der Waals surface area (Å²) in [5.74, 6) is -0.211. The number of nitrogens with one attached hydrogen (secondary N) is 2. The van der Waals surface area contributed by atoms with E-state index in [0.29, 0.717) is 6.54 Å². The normalized spacial score (nSPS) is 11.2. The molecule has 0 saturated carbocycles. The van der Waals surface area contributed by atoms with Gasteiger partial charge in [0.05, 0.1) is 22.8 Å². The minimum Gasteiger partial charge on any atom is -0.355 e. The highest BCUT2D eigenvalue weighted by molar-refractivity contribution is 5.92. The summed E-state index contributed by atoms with van der Waals surface area (Å²) in [6.07, 6.45) is 0.219. The highest BCUT2D eigenvalue weighted by Crippen LogP contribution is 2.22. The van der Waals surface area contributed by atoms with Gasteiger partial charge in [0, 0.05) is 18.4 Å². The monoisotopic (exact) mass is 342 g/mol. The van der Waals surface area contributed by atoms with Gasteiger partial charge in [-0.15, -0.1) is 0 Å². The summed E-state index contributed by atoms with van der Waals surface area (Å²) in [6.45, 7) is 9.62. The molecule has 0 bridgehead atoms. The second-order valence-corrected chi connectivity index (χ2v) is 7.10. The number of amides is 2. The van der Waals surface area contributed by atoms with Crippen LogP contribution in [0.25, 0.3) is 5.69 Å². The van der Waals surface area contributed by atoms with Crippen LogP contribution in [0.4, 0.5) is 5.69 Å². The molecule has 0 aliphatic carbocycles. The number of anilines is 1. The van der Waals surface area contributed by atoms with Crippen LogP contribution in [0.3, 0.4) is 0 Å². The largest absolute Gasteiger partial charge is 0.355 e. The standard InChI is InChI=1S/C19H26N4O2/c1-13-17(14(2)23(22-13)15-9-7-6-8-10-15)21-16(24)11-12-20-18(25)19(3,4)5/h6-10H,11-12H2,1-5H3,(H,20,25)(H,21,24). The first-order valence-corrected chi connectivity index (χ1v) is 8.40. The third-order valence-electron chi connectivity index (χ3n) is 3.88. The molecule has 25 heavy (non-hydrogen) atoms. The fourth-order valence-electron chi connectivity index (χ4n) is 2.40. The average Bonchev–Trinajstić information content (AvgIpc) is 2.83. The Hall–Kier alpha value is -2.63. The molecule has 1 heterocycles. The van der Waals surface area contributed by atoms with E-state index in [1.807, 2.05) is 69.6 Å². The highest BCUT2D eigenvalue weighted by Gasteiger charge is 2.21. The summed E-state index contributed by atoms with van der Waals surface area (Å²) in [5.41, 5.74) is 2.83. The van der Waals surface area contributed by atoms with Gasteiger partial charge in [0.15, 0.2) is 0 Å². The van der Waals surface area contributed by atoms with Gasteiger partial charge in [0.25, 0.3) is 0 Å². The van der Waals surface area contributed by atoms with Gasteiger partial charge in [-0.3, -0.25) is 9.59 Å². The van der Waals surface area contributed by atoms with Crippen molar-refractivity contribution in [2.75, 3.05) is 11.9 Å². The Morgan fingerprint density at radius 1 is 1.12 bits per heavy atom. The third kappa shape index (κ3) is 4.68. The Morgan fingerprint density at radius 2 is 1.76 bits per heavy atom. The van der Waals surface area contributed by atoms with Crippen molar-refractivity contribution in [2.45, 2.75) is 41.0 Å². The minimum atomic E-state index is -0.458. The number of carbonyl (C=O) groups excluding carboxylic acids is 2. The number of hydrogen-bond donors (Lipinski definition) is 2. The average molecular weight is 342 g/mol. The molecule has 134 valence electrons. The van der Waals surface area contributed by atoms with Crippen molar-refractivity contribution in [3.63, 3.8) is 0 Å². The van der Waals surface area contributed by atoms with Crippen molar-refractivity contribution in [3.8, 4) is 5.69 Å². The zero-order valence-electron chi connectivity index (χ0n) is 15.5. The molecule has 2 aromatic rings. The number of rotatable bonds is 5. The van der Waals surface area contributed by atoms with Crippen molar-refractivity contribution in [2.24, 2.45) is 5.41 Å². The number of aromatic nitrogens is 2. The number of carbonyl (C=O) groups is 2. The first kappa shape index (κ1) is 18.7. The highest BCUT2D eigenvalue weighted by atomic mass is 16.2. The maximum Gasteiger partial charge on any atom is 0.226 e. The van der Waals surface area contributed by atoms with Crippen LogP contribution < -0.4 is 10.6 Å². The van der Waals surface area contributed by atoms with E-state index in [4.69, 9.17) is 0 Å². The van der Waals surface area contributed by atoms with Gasteiger partial charge in [-0.2, -0.15) is 5.10 Å². The number of para-hydroxylation sites is 1. The zero-order chi connectivity index (χ0) is 18.6. The molecule has 0 saturated heterocycles. The molecular formula is C19H26N4O2. The Kier molecular flexibility index (Phi) is 5.62. The molecule has 0 atom stereocenters. The Bertz CT molecular complexity index is 758. The van der Waals surface area contributed by atoms with E-state index >= 15 is 0 Å². The van der Waals surface area contributed by atoms with Crippen LogP contribution in [0.15, 0.2) is 30.3 Å². The topological polar surface area (TPSA) is 76.0 Å². The predicted octanol–water partition coefficient (Wildman–Crippen LogP) is 2.98. The predicted molar refractivity (Wildman–Crippen MR) is 98.7 cm³/mol. The van der Waals surface area contributed by atoms with Crippen LogP contribution >= 0.6 is 0 Å². The zero-order valence-corrected chi connectivity index (χ0v) is 15.5. The van der Waals surface area contributed by atoms with Gasteiger partial charge in [0.1, 0.15) is 0 Å². The van der Waals surface area contributed by atoms with Gasteiger partial charge in [-0.1, -0.05) is 39.0 Å². The molecule has 1 aromatic carbocycles. The smallest absolute Gasteiger partial charge is 0.226 e. The quantitative estimate of drug-likeness (QED) is 0.877. The lowest BCUT2D eigenvalue weighted by Gasteiger charge is -2.17. The Morgan fingerprint density at radius 3 is 2.36 bits per heavy atom. The van der Waals surface area contributed by atoms with E-state index in [1.165, 1.54) is 0 Å². The van der Waals surface area contributed by atoms with Gasteiger partial charge in [-0.05, 0) is 26.0 Å². The molecule has 0 spiro atoms. The van der Waals surface area contributed by atoms with Crippen LogP contribution in [0.1, 0.15) is 38.6 Å². The van der Waals surface area contributed by atoms with Crippen molar-refractivity contribution in [1.29, 1.82) is 0 Å². The second kappa shape index (κ2) is 7.51. The molecule has 0 radical (unpaired) electrons. The first-order chi connectivity index (χ1) is 11.7. The maximum absolute atomic E-state index is 12.2. The fourth-order valence-corrected chi connectivity index (χ4v) is 2.40. The second-order valence-electron chi connectivity index (χ2n) is 7.10. The summed E-state index contributed by atoms with van der Waals surface area (Å²) in [6, 6.07) is 9.77. The molecule has 2 rings (SSSR count). The Labute approximate surface area is 148 Å². The van der Waals surface area contributed by atoms with Crippen LogP contribution in [0.5, 0.6) is 0 Å². The minimum absolute atomic E-state index is 0.0652. The van der Waals surface area contributed by atoms with Crippen LogP contribution in [0.2, 0.25) is 0 Å². The van der Waals surface area contributed by atoms with E-state index in [0.717, 1.165) is 22.8 Å². The first-order valence-electron chi connectivity index (χ1n) is 8.40. The summed E-state index contributed by atoms with van der Waals surface area (Å²) < 4.78 is 1.81. The van der Waals surface area contributed by atoms with Crippen LogP contribution in [-0.4, -0.2) is 28.1 Å². The molecule has 0 aliphatic rings. The molecule has 6 nitrogen and oxygen atoms in total. The molecule has 0 unspecified atom stereocenters. The number of aryl methyl sites for hydroxylation is 1. The lowest BCUT2D eigenvalue weighted by atomic mass is 9.96. The van der Waals surface area contributed by atoms with Crippen LogP contribution in [-0.2, 0) is 9.59 Å². The van der Waals surface area contributed by atoms with Gasteiger partial charge in [-0.25, -0.2) is 4.68 Å². The van der Waals surface area contributed by atoms with Gasteiger partial charge < -0.3 is 10.6 Å². The number of hydrogen-bond acceptors (Lipinski definition) is 3.